The Hall–Kier alpha value is -2.00. The Labute approximate surface area is 125 Å². The predicted octanol–water partition coefficient (Wildman–Crippen LogP) is 3.58. The predicted molar refractivity (Wildman–Crippen MR) is 82.8 cm³/mol. The quantitative estimate of drug-likeness (QED) is 0.936. The Morgan fingerprint density at radius 2 is 1.29 bits per heavy atom. The van der Waals surface area contributed by atoms with Crippen LogP contribution in [0.2, 0.25) is 0 Å². The molecule has 0 fully saturated rings. The second-order valence-corrected chi connectivity index (χ2v) is 5.74. The second-order valence-electron chi connectivity index (χ2n) is 5.74. The van der Waals surface area contributed by atoms with Crippen LogP contribution in [0.25, 0.3) is 11.1 Å². The van der Waals surface area contributed by atoms with Crippen molar-refractivity contribution < 1.29 is 14.6 Å². The highest BCUT2D eigenvalue weighted by molar-refractivity contribution is 5.82. The van der Waals surface area contributed by atoms with Crippen molar-refractivity contribution in [3.63, 3.8) is 0 Å². The highest BCUT2D eigenvalue weighted by Gasteiger charge is 2.44. The van der Waals surface area contributed by atoms with Crippen molar-refractivity contribution in [1.29, 1.82) is 0 Å². The van der Waals surface area contributed by atoms with Crippen LogP contribution in [0.3, 0.4) is 0 Å². The van der Waals surface area contributed by atoms with Crippen LogP contribution in [-0.2, 0) is 5.60 Å². The number of methoxy groups -OCH3 is 2. The fourth-order valence-electron chi connectivity index (χ4n) is 3.18. The Kier molecular flexibility index (Phi) is 3.18. The summed E-state index contributed by atoms with van der Waals surface area (Å²) in [7, 11) is 3.30. The first-order chi connectivity index (χ1) is 10.0. The fourth-order valence-corrected chi connectivity index (χ4v) is 3.18. The molecule has 0 amide bonds. The summed E-state index contributed by atoms with van der Waals surface area (Å²) in [6.07, 6.45) is 0. The molecule has 0 aromatic heterocycles. The van der Waals surface area contributed by atoms with Crippen LogP contribution in [0.1, 0.15) is 25.0 Å². The van der Waals surface area contributed by atoms with E-state index in [1.54, 1.807) is 14.2 Å². The van der Waals surface area contributed by atoms with Crippen LogP contribution in [0.4, 0.5) is 0 Å². The van der Waals surface area contributed by atoms with Crippen molar-refractivity contribution in [2.75, 3.05) is 14.2 Å². The van der Waals surface area contributed by atoms with Gasteiger partial charge in [-0.05, 0) is 52.4 Å². The normalized spacial score (nSPS) is 14.8. The Balaban J connectivity index is 2.32. The minimum Gasteiger partial charge on any atom is -0.497 e. The van der Waals surface area contributed by atoms with Gasteiger partial charge in [-0.15, -0.1) is 0 Å². The monoisotopic (exact) mass is 284 g/mol. The van der Waals surface area contributed by atoms with E-state index in [0.717, 1.165) is 33.8 Å². The lowest BCUT2D eigenvalue weighted by Crippen LogP contribution is -2.30. The first-order valence-corrected chi connectivity index (χ1v) is 7.12. The lowest BCUT2D eigenvalue weighted by molar-refractivity contribution is 0.0363. The van der Waals surface area contributed by atoms with E-state index in [-0.39, 0.29) is 5.92 Å². The molecule has 1 aliphatic rings. The SMILES string of the molecule is COc1ccc2c(c1)-c1cc(OC)ccc1C2(O)C(C)C. The summed E-state index contributed by atoms with van der Waals surface area (Å²) in [5, 5.41) is 11.3. The van der Waals surface area contributed by atoms with Crippen molar-refractivity contribution in [3.05, 3.63) is 47.5 Å². The number of aliphatic hydroxyl groups is 1. The van der Waals surface area contributed by atoms with Gasteiger partial charge in [0.25, 0.3) is 0 Å². The zero-order valence-corrected chi connectivity index (χ0v) is 12.8. The van der Waals surface area contributed by atoms with Gasteiger partial charge < -0.3 is 14.6 Å². The van der Waals surface area contributed by atoms with Crippen LogP contribution in [0.5, 0.6) is 11.5 Å². The van der Waals surface area contributed by atoms with Gasteiger partial charge in [0.2, 0.25) is 0 Å². The minimum atomic E-state index is -0.969. The van der Waals surface area contributed by atoms with Gasteiger partial charge in [0.05, 0.1) is 14.2 Å². The topological polar surface area (TPSA) is 38.7 Å². The summed E-state index contributed by atoms with van der Waals surface area (Å²) in [5.74, 6) is 1.64. The number of benzene rings is 2. The highest BCUT2D eigenvalue weighted by atomic mass is 16.5. The molecule has 0 saturated heterocycles. The molecule has 2 aromatic carbocycles. The molecule has 21 heavy (non-hydrogen) atoms. The van der Waals surface area contributed by atoms with Crippen molar-refractivity contribution in [3.8, 4) is 22.6 Å². The molecular formula is C18H20O3. The Morgan fingerprint density at radius 1 is 0.857 bits per heavy atom. The largest absolute Gasteiger partial charge is 0.497 e. The van der Waals surface area contributed by atoms with Crippen molar-refractivity contribution >= 4 is 0 Å². The van der Waals surface area contributed by atoms with Gasteiger partial charge in [-0.3, -0.25) is 0 Å². The molecule has 2 aromatic rings. The number of hydrogen-bond donors (Lipinski definition) is 1. The smallest absolute Gasteiger partial charge is 0.119 e. The summed E-state index contributed by atoms with van der Waals surface area (Å²) >= 11 is 0. The third-order valence-corrected chi connectivity index (χ3v) is 4.40. The highest BCUT2D eigenvalue weighted by Crippen LogP contribution is 2.52. The maximum Gasteiger partial charge on any atom is 0.119 e. The van der Waals surface area contributed by atoms with E-state index in [4.69, 9.17) is 9.47 Å². The molecule has 0 atom stereocenters. The molecule has 0 bridgehead atoms. The molecule has 3 heteroatoms. The summed E-state index contributed by atoms with van der Waals surface area (Å²) in [6, 6.07) is 11.7. The van der Waals surface area contributed by atoms with Gasteiger partial charge in [0, 0.05) is 0 Å². The van der Waals surface area contributed by atoms with E-state index in [1.807, 2.05) is 50.2 Å². The maximum absolute atomic E-state index is 11.3. The van der Waals surface area contributed by atoms with Gasteiger partial charge in [0.15, 0.2) is 0 Å². The first kappa shape index (κ1) is 14.0. The van der Waals surface area contributed by atoms with Crippen LogP contribution >= 0.6 is 0 Å². The molecule has 0 saturated carbocycles. The molecular weight excluding hydrogens is 264 g/mol. The van der Waals surface area contributed by atoms with Gasteiger partial charge >= 0.3 is 0 Å². The molecule has 3 nitrogen and oxygen atoms in total. The summed E-state index contributed by atoms with van der Waals surface area (Å²) in [6.45, 7) is 4.07. The molecule has 1 aliphatic carbocycles. The molecule has 3 rings (SSSR count). The van der Waals surface area contributed by atoms with Crippen molar-refractivity contribution in [2.45, 2.75) is 19.4 Å². The third-order valence-electron chi connectivity index (χ3n) is 4.40. The number of rotatable bonds is 3. The molecule has 110 valence electrons. The lowest BCUT2D eigenvalue weighted by atomic mass is 9.81. The summed E-state index contributed by atoms with van der Waals surface area (Å²) < 4.78 is 10.7. The summed E-state index contributed by atoms with van der Waals surface area (Å²) in [4.78, 5) is 0. The summed E-state index contributed by atoms with van der Waals surface area (Å²) in [5.41, 5.74) is 2.92. The standard InChI is InChI=1S/C18H20O3/c1-11(2)18(19)16-7-5-12(20-3)9-14(16)15-10-13(21-4)6-8-17(15)18/h5-11,19H,1-4H3. The number of fused-ring (bicyclic) bond motifs is 3. The van der Waals surface area contributed by atoms with Crippen LogP contribution in [0.15, 0.2) is 36.4 Å². The second kappa shape index (κ2) is 4.78. The number of hydrogen-bond acceptors (Lipinski definition) is 3. The maximum atomic E-state index is 11.3. The van der Waals surface area contributed by atoms with E-state index in [2.05, 4.69) is 0 Å². The molecule has 0 spiro atoms. The van der Waals surface area contributed by atoms with Gasteiger partial charge in [0.1, 0.15) is 17.1 Å². The van der Waals surface area contributed by atoms with Crippen LogP contribution < -0.4 is 9.47 Å². The lowest BCUT2D eigenvalue weighted by Gasteiger charge is -2.30. The van der Waals surface area contributed by atoms with E-state index in [1.165, 1.54) is 0 Å². The van der Waals surface area contributed by atoms with Gasteiger partial charge in [-0.2, -0.15) is 0 Å². The molecule has 0 radical (unpaired) electrons. The fraction of sp³-hybridized carbons (Fsp3) is 0.333. The van der Waals surface area contributed by atoms with E-state index >= 15 is 0 Å². The van der Waals surface area contributed by atoms with Crippen molar-refractivity contribution in [1.82, 2.24) is 0 Å². The van der Waals surface area contributed by atoms with Gasteiger partial charge in [-0.1, -0.05) is 26.0 Å². The zero-order chi connectivity index (χ0) is 15.2. The molecule has 0 aliphatic heterocycles. The van der Waals surface area contributed by atoms with E-state index in [9.17, 15) is 5.11 Å². The zero-order valence-electron chi connectivity index (χ0n) is 12.8. The van der Waals surface area contributed by atoms with E-state index < -0.39 is 5.60 Å². The van der Waals surface area contributed by atoms with Crippen LogP contribution in [0, 0.1) is 5.92 Å². The number of ether oxygens (including phenoxy) is 2. The Bertz CT molecular complexity index is 635. The van der Waals surface area contributed by atoms with E-state index in [0.29, 0.717) is 0 Å². The molecule has 1 N–H and O–H groups in total. The minimum absolute atomic E-state index is 0.0688. The molecule has 0 unspecified atom stereocenters. The average Bonchev–Trinajstić information content (AvgIpc) is 2.77. The molecule has 0 heterocycles. The van der Waals surface area contributed by atoms with Gasteiger partial charge in [-0.25, -0.2) is 0 Å². The van der Waals surface area contributed by atoms with Crippen LogP contribution in [-0.4, -0.2) is 19.3 Å². The Morgan fingerprint density at radius 3 is 1.62 bits per heavy atom. The van der Waals surface area contributed by atoms with Crippen molar-refractivity contribution in [2.24, 2.45) is 5.92 Å². The third kappa shape index (κ3) is 1.84. The first-order valence-electron chi connectivity index (χ1n) is 7.12. The average molecular weight is 284 g/mol.